The van der Waals surface area contributed by atoms with Gasteiger partial charge in [-0.3, -0.25) is 19.5 Å². The number of aromatic amines is 1. The van der Waals surface area contributed by atoms with Gasteiger partial charge in [0.2, 0.25) is 5.91 Å². The van der Waals surface area contributed by atoms with E-state index >= 15 is 0 Å². The Morgan fingerprint density at radius 1 is 1.23 bits per heavy atom. The molecule has 0 saturated carbocycles. The fourth-order valence-electron chi connectivity index (χ4n) is 3.97. The Morgan fingerprint density at radius 2 is 2.00 bits per heavy atom. The van der Waals surface area contributed by atoms with Crippen molar-refractivity contribution in [3.63, 3.8) is 0 Å². The van der Waals surface area contributed by atoms with Crippen molar-refractivity contribution in [2.24, 2.45) is 7.05 Å². The van der Waals surface area contributed by atoms with E-state index in [4.69, 9.17) is 0 Å². The summed E-state index contributed by atoms with van der Waals surface area (Å²) in [5, 5.41) is 14.1. The maximum Gasteiger partial charge on any atom is 0.416 e. The summed E-state index contributed by atoms with van der Waals surface area (Å²) < 4.78 is 40.3. The van der Waals surface area contributed by atoms with E-state index in [1.807, 2.05) is 0 Å². The van der Waals surface area contributed by atoms with E-state index in [1.165, 1.54) is 12.1 Å². The first kappa shape index (κ1) is 21.1. The molecule has 1 aliphatic rings. The quantitative estimate of drug-likeness (QED) is 0.639. The molecule has 164 valence electrons. The van der Waals surface area contributed by atoms with Crippen LogP contribution < -0.4 is 5.32 Å². The number of hydrogen-bond donors (Lipinski definition) is 2. The Bertz CT molecular complexity index is 1040. The minimum atomic E-state index is -4.38. The lowest BCUT2D eigenvalue weighted by atomic mass is 9.94. The number of carbonyl (C=O) groups excluding carboxylic acids is 1. The number of amides is 1. The SMILES string of the molecule is Cn1ccc(NC(=O)CN2CCCCC2c2[nH]ncc2-c2ccc(C(F)(F)F)cc2)n1. The van der Waals surface area contributed by atoms with Crippen LogP contribution >= 0.6 is 0 Å². The van der Waals surface area contributed by atoms with Gasteiger partial charge in [0.25, 0.3) is 0 Å². The molecule has 7 nitrogen and oxygen atoms in total. The number of halogens is 3. The van der Waals surface area contributed by atoms with E-state index in [0.717, 1.165) is 49.2 Å². The molecule has 10 heteroatoms. The molecule has 1 fully saturated rings. The fraction of sp³-hybridized carbons (Fsp3) is 0.381. The Hall–Kier alpha value is -3.14. The van der Waals surface area contributed by atoms with Gasteiger partial charge >= 0.3 is 6.18 Å². The van der Waals surface area contributed by atoms with Crippen molar-refractivity contribution in [1.82, 2.24) is 24.9 Å². The van der Waals surface area contributed by atoms with Crippen molar-refractivity contribution < 1.29 is 18.0 Å². The van der Waals surface area contributed by atoms with Gasteiger partial charge < -0.3 is 5.32 Å². The highest BCUT2D eigenvalue weighted by Gasteiger charge is 2.31. The molecule has 0 radical (unpaired) electrons. The minimum absolute atomic E-state index is 0.0805. The number of benzene rings is 1. The zero-order valence-corrected chi connectivity index (χ0v) is 17.0. The third-order valence-electron chi connectivity index (χ3n) is 5.47. The maximum absolute atomic E-state index is 12.9. The molecule has 1 unspecified atom stereocenters. The highest BCUT2D eigenvalue weighted by Crippen LogP contribution is 2.37. The number of rotatable bonds is 5. The molecule has 3 aromatic rings. The average Bonchev–Trinajstić information content (AvgIpc) is 3.37. The van der Waals surface area contributed by atoms with Gasteiger partial charge in [0.15, 0.2) is 5.82 Å². The molecule has 1 atom stereocenters. The smallest absolute Gasteiger partial charge is 0.308 e. The first-order valence-corrected chi connectivity index (χ1v) is 10.1. The predicted octanol–water partition coefficient (Wildman–Crippen LogP) is 3.99. The Labute approximate surface area is 177 Å². The summed E-state index contributed by atoms with van der Waals surface area (Å²) in [5.74, 6) is 0.328. The molecular weight excluding hydrogens is 409 g/mol. The maximum atomic E-state index is 12.9. The van der Waals surface area contributed by atoms with Crippen LogP contribution in [0, 0.1) is 0 Å². The predicted molar refractivity (Wildman–Crippen MR) is 109 cm³/mol. The number of anilines is 1. The molecule has 0 bridgehead atoms. The minimum Gasteiger partial charge on any atom is -0.308 e. The first-order valence-electron chi connectivity index (χ1n) is 10.1. The van der Waals surface area contributed by atoms with Crippen LogP contribution in [0.2, 0.25) is 0 Å². The van der Waals surface area contributed by atoms with E-state index in [-0.39, 0.29) is 18.5 Å². The number of alkyl halides is 3. The zero-order chi connectivity index (χ0) is 22.0. The van der Waals surface area contributed by atoms with E-state index < -0.39 is 11.7 Å². The largest absolute Gasteiger partial charge is 0.416 e. The monoisotopic (exact) mass is 432 g/mol. The number of nitrogens with one attached hydrogen (secondary N) is 2. The fourth-order valence-corrected chi connectivity index (χ4v) is 3.97. The van der Waals surface area contributed by atoms with Gasteiger partial charge in [0.1, 0.15) is 0 Å². The second-order valence-electron chi connectivity index (χ2n) is 7.68. The number of H-pyrrole nitrogens is 1. The van der Waals surface area contributed by atoms with E-state index in [2.05, 4.69) is 25.5 Å². The van der Waals surface area contributed by atoms with Gasteiger partial charge in [-0.05, 0) is 37.1 Å². The third-order valence-corrected chi connectivity index (χ3v) is 5.47. The summed E-state index contributed by atoms with van der Waals surface area (Å²) in [6, 6.07) is 6.71. The van der Waals surface area contributed by atoms with E-state index in [0.29, 0.717) is 11.4 Å². The second kappa shape index (κ2) is 8.54. The molecule has 1 aromatic carbocycles. The van der Waals surface area contributed by atoms with Crippen LogP contribution in [0.15, 0.2) is 42.7 Å². The lowest BCUT2D eigenvalue weighted by Gasteiger charge is -2.35. The topological polar surface area (TPSA) is 78.8 Å². The number of aromatic nitrogens is 4. The summed E-state index contributed by atoms with van der Waals surface area (Å²) in [6.45, 7) is 0.929. The molecule has 1 amide bonds. The van der Waals surface area contributed by atoms with Gasteiger partial charge in [-0.2, -0.15) is 23.4 Å². The number of aryl methyl sites for hydroxylation is 1. The third kappa shape index (κ3) is 4.79. The molecule has 1 aliphatic heterocycles. The van der Waals surface area contributed by atoms with Crippen molar-refractivity contribution in [2.75, 3.05) is 18.4 Å². The van der Waals surface area contributed by atoms with Gasteiger partial charge in [0.05, 0.1) is 30.0 Å². The van der Waals surface area contributed by atoms with Crippen LogP contribution in [0.3, 0.4) is 0 Å². The van der Waals surface area contributed by atoms with Crippen LogP contribution in [0.5, 0.6) is 0 Å². The van der Waals surface area contributed by atoms with Crippen LogP contribution in [0.25, 0.3) is 11.1 Å². The summed E-state index contributed by atoms with van der Waals surface area (Å²) in [5.41, 5.74) is 1.52. The van der Waals surface area contributed by atoms with Crippen molar-refractivity contribution in [3.05, 3.63) is 54.0 Å². The Morgan fingerprint density at radius 3 is 2.68 bits per heavy atom. The van der Waals surface area contributed by atoms with Crippen LogP contribution in [-0.4, -0.2) is 43.9 Å². The van der Waals surface area contributed by atoms with Gasteiger partial charge in [-0.25, -0.2) is 0 Å². The number of piperidine rings is 1. The number of likely N-dealkylation sites (tertiary alicyclic amines) is 1. The van der Waals surface area contributed by atoms with Crippen LogP contribution in [-0.2, 0) is 18.0 Å². The lowest BCUT2D eigenvalue weighted by Crippen LogP contribution is -2.39. The average molecular weight is 432 g/mol. The molecule has 2 aromatic heterocycles. The van der Waals surface area contributed by atoms with E-state index in [1.54, 1.807) is 30.2 Å². The highest BCUT2D eigenvalue weighted by molar-refractivity contribution is 5.91. The van der Waals surface area contributed by atoms with Crippen molar-refractivity contribution in [2.45, 2.75) is 31.5 Å². The van der Waals surface area contributed by atoms with Gasteiger partial charge in [-0.1, -0.05) is 18.6 Å². The molecule has 0 aliphatic carbocycles. The molecule has 2 N–H and O–H groups in total. The van der Waals surface area contributed by atoms with Crippen LogP contribution in [0.4, 0.5) is 19.0 Å². The highest BCUT2D eigenvalue weighted by atomic mass is 19.4. The molecule has 4 rings (SSSR count). The van der Waals surface area contributed by atoms with Crippen molar-refractivity contribution >= 4 is 11.7 Å². The lowest BCUT2D eigenvalue weighted by molar-refractivity contribution is -0.137. The number of nitrogens with zero attached hydrogens (tertiary/aromatic N) is 4. The normalized spacial score (nSPS) is 17.6. The Balaban J connectivity index is 1.52. The molecule has 0 spiro atoms. The Kier molecular flexibility index (Phi) is 5.81. The molecule has 1 saturated heterocycles. The number of hydrogen-bond acceptors (Lipinski definition) is 4. The molecule has 31 heavy (non-hydrogen) atoms. The summed E-state index contributed by atoms with van der Waals surface area (Å²) >= 11 is 0. The van der Waals surface area contributed by atoms with Gasteiger partial charge in [0, 0.05) is 24.9 Å². The van der Waals surface area contributed by atoms with Crippen LogP contribution in [0.1, 0.15) is 36.6 Å². The zero-order valence-electron chi connectivity index (χ0n) is 17.0. The second-order valence-corrected chi connectivity index (χ2v) is 7.68. The summed E-state index contributed by atoms with van der Waals surface area (Å²) in [6.07, 6.45) is 1.79. The van der Waals surface area contributed by atoms with Crippen molar-refractivity contribution in [3.8, 4) is 11.1 Å². The molecular formula is C21H23F3N6O. The standard InChI is InChI=1S/C21H23F3N6O/c1-29-11-9-18(28-29)26-19(31)13-30-10-3-2-4-17(30)20-16(12-25-27-20)14-5-7-15(8-6-14)21(22,23)24/h5-9,11-12,17H,2-4,10,13H2,1H3,(H,25,27)(H,26,28,31). The van der Waals surface area contributed by atoms with Crippen molar-refractivity contribution in [1.29, 1.82) is 0 Å². The number of carbonyl (C=O) groups is 1. The summed E-state index contributed by atoms with van der Waals surface area (Å²) in [4.78, 5) is 14.6. The molecule has 3 heterocycles. The van der Waals surface area contributed by atoms with E-state index in [9.17, 15) is 18.0 Å². The summed E-state index contributed by atoms with van der Waals surface area (Å²) in [7, 11) is 1.78. The first-order chi connectivity index (χ1) is 14.8. The van der Waals surface area contributed by atoms with Gasteiger partial charge in [-0.15, -0.1) is 0 Å².